The van der Waals surface area contributed by atoms with Gasteiger partial charge in [-0.3, -0.25) is 5.21 Å². The van der Waals surface area contributed by atoms with Crippen LogP contribution >= 0.6 is 0 Å². The van der Waals surface area contributed by atoms with Crippen molar-refractivity contribution in [2.45, 2.75) is 0 Å². The van der Waals surface area contributed by atoms with Crippen molar-refractivity contribution in [1.82, 2.24) is 4.73 Å². The molecule has 0 unspecified atom stereocenters. The number of hydrogen-bond acceptors (Lipinski definition) is 2. The first-order valence-corrected chi connectivity index (χ1v) is 6.03. The van der Waals surface area contributed by atoms with Crippen LogP contribution in [0.3, 0.4) is 0 Å². The van der Waals surface area contributed by atoms with Crippen molar-refractivity contribution in [2.75, 3.05) is 0 Å². The first kappa shape index (κ1) is 10.2. The molecule has 0 aliphatic rings. The molecule has 4 rings (SSSR count). The Morgan fingerprint density at radius 2 is 1.63 bits per heavy atom. The second-order valence-corrected chi connectivity index (χ2v) is 4.58. The molecule has 0 atom stereocenters. The van der Waals surface area contributed by atoms with Crippen LogP contribution in [0.2, 0.25) is 0 Å². The number of aromatic nitrogens is 2. The van der Waals surface area contributed by atoms with Crippen molar-refractivity contribution in [3.8, 4) is 0 Å². The maximum absolute atomic E-state index is 10.4. The second kappa shape index (κ2) is 3.38. The summed E-state index contributed by atoms with van der Waals surface area (Å²) in [5.41, 5.74) is 2.58. The van der Waals surface area contributed by atoms with E-state index in [2.05, 4.69) is 0 Å². The van der Waals surface area contributed by atoms with Gasteiger partial charge in [-0.05, 0) is 24.3 Å². The Bertz CT molecular complexity index is 941. The molecule has 92 valence electrons. The number of rotatable bonds is 0. The van der Waals surface area contributed by atoms with Crippen molar-refractivity contribution >= 4 is 32.8 Å². The highest BCUT2D eigenvalue weighted by molar-refractivity contribution is 6.05. The standard InChI is InChI=1S/C15H11N2O2/c18-16-13-8-4-2-6-11(13)15-14(16)9-10-5-1-3-7-12(10)17(15)19/h1-9,18-19H/q+1. The van der Waals surface area contributed by atoms with Crippen LogP contribution in [0.5, 0.6) is 0 Å². The van der Waals surface area contributed by atoms with Crippen molar-refractivity contribution in [2.24, 2.45) is 0 Å². The van der Waals surface area contributed by atoms with Gasteiger partial charge in [-0.15, -0.1) is 0 Å². The van der Waals surface area contributed by atoms with E-state index in [4.69, 9.17) is 0 Å². The smallest absolute Gasteiger partial charge is 0.294 e. The van der Waals surface area contributed by atoms with E-state index in [0.29, 0.717) is 22.1 Å². The van der Waals surface area contributed by atoms with E-state index in [1.54, 1.807) is 0 Å². The number of para-hydroxylation sites is 2. The minimum atomic E-state index is 0.586. The molecule has 4 heteroatoms. The fourth-order valence-corrected chi connectivity index (χ4v) is 2.65. The molecule has 2 aromatic carbocycles. The van der Waals surface area contributed by atoms with Gasteiger partial charge in [-0.1, -0.05) is 24.3 Å². The SMILES string of the molecule is On1c2ccccc2c2c1cc1ccccc1[n+]2O. The number of fused-ring (bicyclic) bond motifs is 4. The Balaban J connectivity index is 2.38. The summed E-state index contributed by atoms with van der Waals surface area (Å²) < 4.78 is 2.25. The summed E-state index contributed by atoms with van der Waals surface area (Å²) in [5, 5.41) is 22.3. The molecule has 2 heterocycles. The van der Waals surface area contributed by atoms with E-state index in [-0.39, 0.29) is 0 Å². The lowest BCUT2D eigenvalue weighted by atomic mass is 10.2. The molecule has 4 aromatic rings. The van der Waals surface area contributed by atoms with E-state index in [0.717, 1.165) is 20.2 Å². The molecule has 0 bridgehead atoms. The lowest BCUT2D eigenvalue weighted by molar-refractivity contribution is -0.863. The largest absolute Gasteiger partial charge is 0.428 e. The molecule has 0 spiro atoms. The lowest BCUT2D eigenvalue weighted by Crippen LogP contribution is -2.31. The van der Waals surface area contributed by atoms with Crippen molar-refractivity contribution in [3.63, 3.8) is 0 Å². The highest BCUT2D eigenvalue weighted by Gasteiger charge is 2.22. The predicted octanol–water partition coefficient (Wildman–Crippen LogP) is 2.71. The zero-order valence-corrected chi connectivity index (χ0v) is 9.99. The summed E-state index contributed by atoms with van der Waals surface area (Å²) in [6.45, 7) is 0. The maximum Gasteiger partial charge on any atom is 0.294 e. The first-order valence-electron chi connectivity index (χ1n) is 6.03. The van der Waals surface area contributed by atoms with Crippen LogP contribution in [0.25, 0.3) is 32.8 Å². The maximum atomic E-state index is 10.4. The number of hydrogen-bond donors (Lipinski definition) is 2. The van der Waals surface area contributed by atoms with E-state index < -0.39 is 0 Å². The first-order chi connectivity index (χ1) is 9.27. The molecule has 0 amide bonds. The van der Waals surface area contributed by atoms with Gasteiger partial charge < -0.3 is 5.21 Å². The third-order valence-electron chi connectivity index (χ3n) is 3.53. The zero-order chi connectivity index (χ0) is 13.0. The van der Waals surface area contributed by atoms with E-state index in [1.807, 2.05) is 54.6 Å². The molecule has 2 N–H and O–H groups in total. The highest BCUT2D eigenvalue weighted by Crippen LogP contribution is 2.27. The van der Waals surface area contributed by atoms with Crippen LogP contribution in [0.4, 0.5) is 0 Å². The lowest BCUT2D eigenvalue weighted by Gasteiger charge is -1.96. The fraction of sp³-hybridized carbons (Fsp3) is 0. The van der Waals surface area contributed by atoms with Crippen LogP contribution in [0.1, 0.15) is 0 Å². The topological polar surface area (TPSA) is 49.3 Å². The van der Waals surface area contributed by atoms with Gasteiger partial charge in [-0.2, -0.15) is 4.73 Å². The second-order valence-electron chi connectivity index (χ2n) is 4.58. The van der Waals surface area contributed by atoms with Crippen LogP contribution in [-0.2, 0) is 0 Å². The predicted molar refractivity (Wildman–Crippen MR) is 71.5 cm³/mol. The average Bonchev–Trinajstić information content (AvgIpc) is 2.74. The summed E-state index contributed by atoms with van der Waals surface area (Å²) in [6.07, 6.45) is 0. The fourth-order valence-electron chi connectivity index (χ4n) is 2.65. The molecular formula is C15H11N2O2+. The Labute approximate surface area is 108 Å². The molecule has 4 nitrogen and oxygen atoms in total. The third-order valence-corrected chi connectivity index (χ3v) is 3.53. The zero-order valence-electron chi connectivity index (χ0n) is 9.99. The van der Waals surface area contributed by atoms with E-state index >= 15 is 0 Å². The van der Waals surface area contributed by atoms with Gasteiger partial charge in [0.2, 0.25) is 0 Å². The summed E-state index contributed by atoms with van der Waals surface area (Å²) in [7, 11) is 0. The molecule has 0 fully saturated rings. The highest BCUT2D eigenvalue weighted by atomic mass is 16.5. The van der Waals surface area contributed by atoms with Crippen LogP contribution in [-0.4, -0.2) is 15.1 Å². The Morgan fingerprint density at radius 3 is 2.53 bits per heavy atom. The molecule has 0 aliphatic carbocycles. The quantitative estimate of drug-likeness (QED) is 0.373. The van der Waals surface area contributed by atoms with Crippen LogP contribution in [0, 0.1) is 0 Å². The number of benzene rings is 2. The Kier molecular flexibility index (Phi) is 1.82. The van der Waals surface area contributed by atoms with E-state index in [1.165, 1.54) is 0 Å². The summed E-state index contributed by atoms with van der Waals surface area (Å²) in [4.78, 5) is 0. The summed E-state index contributed by atoms with van der Waals surface area (Å²) in [5.74, 6) is 0. The molecule has 0 aliphatic heterocycles. The van der Waals surface area contributed by atoms with Crippen molar-refractivity contribution in [1.29, 1.82) is 0 Å². The third kappa shape index (κ3) is 1.20. The minimum absolute atomic E-state index is 0.586. The molecule has 0 saturated carbocycles. The van der Waals surface area contributed by atoms with E-state index in [9.17, 15) is 10.4 Å². The summed E-state index contributed by atoms with van der Waals surface area (Å²) >= 11 is 0. The summed E-state index contributed by atoms with van der Waals surface area (Å²) in [6, 6.07) is 16.8. The Hall–Kier alpha value is -2.75. The van der Waals surface area contributed by atoms with Crippen molar-refractivity contribution < 1.29 is 15.1 Å². The average molecular weight is 251 g/mol. The molecular weight excluding hydrogens is 240 g/mol. The van der Waals surface area contributed by atoms with Gasteiger partial charge in [0.1, 0.15) is 0 Å². The van der Waals surface area contributed by atoms with Gasteiger partial charge >= 0.3 is 0 Å². The van der Waals surface area contributed by atoms with Gasteiger partial charge in [0.25, 0.3) is 11.0 Å². The number of pyridine rings is 1. The van der Waals surface area contributed by atoms with Gasteiger partial charge in [0.15, 0.2) is 5.52 Å². The molecule has 0 radical (unpaired) electrons. The minimum Gasteiger partial charge on any atom is -0.428 e. The molecule has 19 heavy (non-hydrogen) atoms. The normalized spacial score (nSPS) is 11.6. The number of nitrogens with zero attached hydrogens (tertiary/aromatic N) is 2. The molecule has 2 aromatic heterocycles. The molecule has 0 saturated heterocycles. The van der Waals surface area contributed by atoms with Gasteiger partial charge in [0, 0.05) is 10.8 Å². The van der Waals surface area contributed by atoms with Crippen molar-refractivity contribution in [3.05, 3.63) is 54.6 Å². The van der Waals surface area contributed by atoms with Crippen LogP contribution < -0.4 is 4.73 Å². The monoisotopic (exact) mass is 251 g/mol. The van der Waals surface area contributed by atoms with Crippen LogP contribution in [0.15, 0.2) is 54.6 Å². The Morgan fingerprint density at radius 1 is 0.895 bits per heavy atom. The van der Waals surface area contributed by atoms with Gasteiger partial charge in [0.05, 0.1) is 16.3 Å². The van der Waals surface area contributed by atoms with Gasteiger partial charge in [-0.25, -0.2) is 0 Å².